The van der Waals surface area contributed by atoms with Crippen LogP contribution < -0.4 is 15.4 Å². The van der Waals surface area contributed by atoms with E-state index in [0.717, 1.165) is 5.56 Å². The first kappa shape index (κ1) is 19.8. The molecule has 0 radical (unpaired) electrons. The Morgan fingerprint density at radius 1 is 1.15 bits per heavy atom. The second-order valence-electron chi connectivity index (χ2n) is 5.58. The molecule has 2 aromatic carbocycles. The summed E-state index contributed by atoms with van der Waals surface area (Å²) in [6.45, 7) is 2.56. The normalized spacial score (nSPS) is 10.3. The topological polar surface area (TPSA) is 76.7 Å². The second kappa shape index (κ2) is 9.79. The van der Waals surface area contributed by atoms with Crippen molar-refractivity contribution in [2.75, 3.05) is 32.2 Å². The Morgan fingerprint density at radius 3 is 2.69 bits per heavy atom. The Kier molecular flexibility index (Phi) is 7.44. The van der Waals surface area contributed by atoms with Crippen molar-refractivity contribution in [3.63, 3.8) is 0 Å². The lowest BCUT2D eigenvalue weighted by molar-refractivity contribution is -0.118. The van der Waals surface area contributed by atoms with Crippen molar-refractivity contribution in [2.24, 2.45) is 0 Å². The Morgan fingerprint density at radius 2 is 1.96 bits per heavy atom. The van der Waals surface area contributed by atoms with Crippen LogP contribution in [0.15, 0.2) is 42.5 Å². The van der Waals surface area contributed by atoms with Crippen molar-refractivity contribution in [3.8, 4) is 5.75 Å². The third-order valence-corrected chi connectivity index (χ3v) is 3.73. The quantitative estimate of drug-likeness (QED) is 0.694. The lowest BCUT2D eigenvalue weighted by atomic mass is 10.2. The summed E-state index contributed by atoms with van der Waals surface area (Å²) in [4.78, 5) is 24.1. The van der Waals surface area contributed by atoms with Crippen LogP contribution in [-0.2, 0) is 9.53 Å². The molecular formula is C19H21ClN2O4. The number of carbonyl (C=O) groups excluding carboxylic acids is 2. The molecule has 0 aromatic heterocycles. The van der Waals surface area contributed by atoms with Gasteiger partial charge in [0.25, 0.3) is 11.8 Å². The van der Waals surface area contributed by atoms with Crippen molar-refractivity contribution < 1.29 is 19.1 Å². The van der Waals surface area contributed by atoms with Crippen LogP contribution in [-0.4, -0.2) is 38.7 Å². The van der Waals surface area contributed by atoms with Gasteiger partial charge in [-0.2, -0.15) is 0 Å². The fraction of sp³-hybridized carbons (Fsp3) is 0.263. The number of hydrogen-bond acceptors (Lipinski definition) is 4. The number of carbonyl (C=O) groups is 2. The van der Waals surface area contributed by atoms with Gasteiger partial charge in [0.2, 0.25) is 0 Å². The van der Waals surface area contributed by atoms with Crippen LogP contribution in [0.5, 0.6) is 5.75 Å². The average molecular weight is 377 g/mol. The summed E-state index contributed by atoms with van der Waals surface area (Å²) < 4.78 is 10.4. The maximum absolute atomic E-state index is 12.1. The number of halogens is 1. The summed E-state index contributed by atoms with van der Waals surface area (Å²) >= 11 is 5.89. The maximum Gasteiger partial charge on any atom is 0.262 e. The molecule has 0 atom stereocenters. The van der Waals surface area contributed by atoms with Crippen LogP contribution >= 0.6 is 11.6 Å². The predicted octanol–water partition coefficient (Wildman–Crippen LogP) is 3.04. The Balaban J connectivity index is 1.90. The molecule has 0 aliphatic rings. The van der Waals surface area contributed by atoms with E-state index in [1.165, 1.54) is 0 Å². The molecule has 2 N–H and O–H groups in total. The molecule has 2 aromatic rings. The number of hydrogen-bond donors (Lipinski definition) is 2. The van der Waals surface area contributed by atoms with E-state index in [-0.39, 0.29) is 18.4 Å². The zero-order chi connectivity index (χ0) is 18.9. The van der Waals surface area contributed by atoms with Gasteiger partial charge in [0, 0.05) is 29.9 Å². The number of aryl methyl sites for hydroxylation is 1. The Hall–Kier alpha value is -2.57. The van der Waals surface area contributed by atoms with Crippen LogP contribution in [0.4, 0.5) is 5.69 Å². The smallest absolute Gasteiger partial charge is 0.262 e. The third kappa shape index (κ3) is 6.06. The van der Waals surface area contributed by atoms with Gasteiger partial charge in [-0.15, -0.1) is 0 Å². The summed E-state index contributed by atoms with van der Waals surface area (Å²) in [6.07, 6.45) is 0. The molecule has 0 aliphatic heterocycles. The molecule has 0 heterocycles. The van der Waals surface area contributed by atoms with E-state index in [9.17, 15) is 9.59 Å². The highest BCUT2D eigenvalue weighted by Crippen LogP contribution is 2.21. The van der Waals surface area contributed by atoms with Gasteiger partial charge in [-0.05, 0) is 48.9 Å². The van der Waals surface area contributed by atoms with Gasteiger partial charge in [0.05, 0.1) is 6.61 Å². The molecule has 0 spiro atoms. The zero-order valence-electron chi connectivity index (χ0n) is 14.7. The zero-order valence-corrected chi connectivity index (χ0v) is 15.4. The first-order chi connectivity index (χ1) is 12.5. The molecule has 0 unspecified atom stereocenters. The highest BCUT2D eigenvalue weighted by Gasteiger charge is 2.09. The molecular weight excluding hydrogens is 356 g/mol. The van der Waals surface area contributed by atoms with Gasteiger partial charge in [-0.1, -0.05) is 17.7 Å². The van der Waals surface area contributed by atoms with Crippen molar-refractivity contribution in [1.82, 2.24) is 5.32 Å². The molecule has 6 nitrogen and oxygen atoms in total. The highest BCUT2D eigenvalue weighted by atomic mass is 35.5. The fourth-order valence-electron chi connectivity index (χ4n) is 2.22. The fourth-order valence-corrected chi connectivity index (χ4v) is 2.45. The number of rotatable bonds is 8. The van der Waals surface area contributed by atoms with Gasteiger partial charge in [0.1, 0.15) is 5.75 Å². The summed E-state index contributed by atoms with van der Waals surface area (Å²) in [7, 11) is 1.57. The lowest BCUT2D eigenvalue weighted by Gasteiger charge is -2.11. The van der Waals surface area contributed by atoms with Crippen LogP contribution in [0.25, 0.3) is 0 Å². The minimum atomic E-state index is -0.323. The lowest BCUT2D eigenvalue weighted by Crippen LogP contribution is -2.27. The maximum atomic E-state index is 12.1. The first-order valence-electron chi connectivity index (χ1n) is 8.05. The number of benzene rings is 2. The monoisotopic (exact) mass is 376 g/mol. The van der Waals surface area contributed by atoms with Gasteiger partial charge >= 0.3 is 0 Å². The molecule has 2 rings (SSSR count). The summed E-state index contributed by atoms with van der Waals surface area (Å²) in [5, 5.41) is 6.05. The van der Waals surface area contributed by atoms with Crippen molar-refractivity contribution in [1.29, 1.82) is 0 Å². The molecule has 26 heavy (non-hydrogen) atoms. The molecule has 2 amide bonds. The van der Waals surface area contributed by atoms with Gasteiger partial charge in [-0.3, -0.25) is 9.59 Å². The molecule has 0 saturated heterocycles. The van der Waals surface area contributed by atoms with Gasteiger partial charge in [0.15, 0.2) is 6.61 Å². The molecule has 7 heteroatoms. The van der Waals surface area contributed by atoms with Crippen LogP contribution in [0.2, 0.25) is 5.02 Å². The standard InChI is InChI=1S/C19H21ClN2O4/c1-13-10-15(20)6-7-17(13)26-12-18(23)22-16-5-3-4-14(11-16)19(24)21-8-9-25-2/h3-7,10-11H,8-9,12H2,1-2H3,(H,21,24)(H,22,23). The molecule has 0 bridgehead atoms. The van der Waals surface area contributed by atoms with E-state index < -0.39 is 0 Å². The van der Waals surface area contributed by atoms with E-state index in [4.69, 9.17) is 21.1 Å². The predicted molar refractivity (Wildman–Crippen MR) is 101 cm³/mol. The number of ether oxygens (including phenoxy) is 2. The summed E-state index contributed by atoms with van der Waals surface area (Å²) in [6, 6.07) is 11.9. The van der Waals surface area contributed by atoms with Crippen LogP contribution in [0, 0.1) is 6.92 Å². The van der Waals surface area contributed by atoms with E-state index in [2.05, 4.69) is 10.6 Å². The van der Waals surface area contributed by atoms with E-state index in [0.29, 0.717) is 35.2 Å². The van der Waals surface area contributed by atoms with Gasteiger partial charge in [-0.25, -0.2) is 0 Å². The van der Waals surface area contributed by atoms with Crippen molar-refractivity contribution in [2.45, 2.75) is 6.92 Å². The molecule has 138 valence electrons. The van der Waals surface area contributed by atoms with Crippen LogP contribution in [0.3, 0.4) is 0 Å². The average Bonchev–Trinajstić information content (AvgIpc) is 2.61. The van der Waals surface area contributed by atoms with E-state index >= 15 is 0 Å². The summed E-state index contributed by atoms with van der Waals surface area (Å²) in [5.74, 6) is 0.0401. The summed E-state index contributed by atoms with van der Waals surface area (Å²) in [5.41, 5.74) is 1.82. The first-order valence-corrected chi connectivity index (χ1v) is 8.43. The number of amides is 2. The minimum Gasteiger partial charge on any atom is -0.483 e. The van der Waals surface area contributed by atoms with Gasteiger partial charge < -0.3 is 20.1 Å². The Bertz CT molecular complexity index is 780. The minimum absolute atomic E-state index is 0.146. The SMILES string of the molecule is COCCNC(=O)c1cccc(NC(=O)COc2ccc(Cl)cc2C)c1. The number of nitrogens with one attached hydrogen (secondary N) is 2. The third-order valence-electron chi connectivity index (χ3n) is 3.50. The largest absolute Gasteiger partial charge is 0.483 e. The van der Waals surface area contributed by atoms with Crippen molar-refractivity contribution >= 4 is 29.1 Å². The molecule has 0 fully saturated rings. The Labute approximate surface area is 157 Å². The molecule has 0 saturated carbocycles. The second-order valence-corrected chi connectivity index (χ2v) is 6.01. The van der Waals surface area contributed by atoms with E-state index in [1.807, 2.05) is 6.92 Å². The molecule has 0 aliphatic carbocycles. The van der Waals surface area contributed by atoms with E-state index in [1.54, 1.807) is 49.6 Å². The van der Waals surface area contributed by atoms with Crippen LogP contribution in [0.1, 0.15) is 15.9 Å². The number of methoxy groups -OCH3 is 1. The number of anilines is 1. The van der Waals surface area contributed by atoms with Crippen molar-refractivity contribution in [3.05, 3.63) is 58.6 Å². The highest BCUT2D eigenvalue weighted by molar-refractivity contribution is 6.30.